The summed E-state index contributed by atoms with van der Waals surface area (Å²) in [6.45, 7) is 0. The van der Waals surface area contributed by atoms with Crippen molar-refractivity contribution >= 4 is 13.0 Å². The third kappa shape index (κ3) is 2.50. The normalized spacial score (nSPS) is 11.2. The number of ether oxygens (including phenoxy) is 1. The molecule has 0 amide bonds. The Bertz CT molecular complexity index is 407. The van der Waals surface area contributed by atoms with Gasteiger partial charge in [-0.2, -0.15) is 0 Å². The van der Waals surface area contributed by atoms with E-state index in [1.165, 1.54) is 14.2 Å². The first-order valence-corrected chi connectivity index (χ1v) is 6.06. The highest BCUT2D eigenvalue weighted by Crippen LogP contribution is 2.49. The van der Waals surface area contributed by atoms with E-state index in [2.05, 4.69) is 0 Å². The van der Waals surface area contributed by atoms with Crippen LogP contribution in [0.3, 0.4) is 0 Å². The number of hydrogen-bond donors (Lipinski definition) is 1. The summed E-state index contributed by atoms with van der Waals surface area (Å²) in [4.78, 5) is 0. The van der Waals surface area contributed by atoms with Crippen molar-refractivity contribution < 1.29 is 18.3 Å². The molecule has 16 heavy (non-hydrogen) atoms. The second-order valence-electron chi connectivity index (χ2n) is 2.94. The van der Waals surface area contributed by atoms with Crippen LogP contribution in [0.2, 0.25) is 0 Å². The Morgan fingerprint density at radius 2 is 1.62 bits per heavy atom. The predicted octanol–water partition coefficient (Wildman–Crippen LogP) is 2.51. The van der Waals surface area contributed by atoms with Crippen LogP contribution in [0, 0.1) is 5.41 Å². The Morgan fingerprint density at radius 1 is 1.12 bits per heavy atom. The fourth-order valence-electron chi connectivity index (χ4n) is 1.16. The molecule has 1 aromatic rings. The van der Waals surface area contributed by atoms with Gasteiger partial charge in [-0.3, -0.25) is 9.97 Å². The predicted molar refractivity (Wildman–Crippen MR) is 61.4 cm³/mol. The van der Waals surface area contributed by atoms with Gasteiger partial charge < -0.3 is 13.8 Å². The number of rotatable bonds is 5. The molecule has 0 unspecified atom stereocenters. The molecule has 1 rings (SSSR count). The number of nitrogens with one attached hydrogen (secondary N) is 1. The molecule has 0 aliphatic rings. The van der Waals surface area contributed by atoms with Crippen molar-refractivity contribution in [3.63, 3.8) is 0 Å². The standard InChI is InChI=1S/C10H14NO4P/c1-13-9-6-4-8(5-7-9)10(11)16(12,14-2)15-3/h4-7,11H,1-3H3. The molecule has 0 aromatic heterocycles. The van der Waals surface area contributed by atoms with Gasteiger partial charge in [0.2, 0.25) is 0 Å². The topological polar surface area (TPSA) is 68.6 Å². The summed E-state index contributed by atoms with van der Waals surface area (Å²) < 4.78 is 26.4. The monoisotopic (exact) mass is 243 g/mol. The van der Waals surface area contributed by atoms with Gasteiger partial charge in [0.15, 0.2) is 5.45 Å². The van der Waals surface area contributed by atoms with Gasteiger partial charge in [-0.15, -0.1) is 0 Å². The maximum Gasteiger partial charge on any atom is 0.378 e. The molecule has 0 saturated heterocycles. The van der Waals surface area contributed by atoms with Crippen LogP contribution >= 0.6 is 7.60 Å². The van der Waals surface area contributed by atoms with E-state index in [9.17, 15) is 4.57 Å². The van der Waals surface area contributed by atoms with Gasteiger partial charge in [-0.1, -0.05) is 0 Å². The van der Waals surface area contributed by atoms with E-state index in [1.807, 2.05) is 0 Å². The molecular weight excluding hydrogens is 229 g/mol. The van der Waals surface area contributed by atoms with E-state index < -0.39 is 7.60 Å². The summed E-state index contributed by atoms with van der Waals surface area (Å²) in [5.74, 6) is 0.668. The highest BCUT2D eigenvalue weighted by molar-refractivity contribution is 7.72. The minimum atomic E-state index is -3.48. The zero-order chi connectivity index (χ0) is 12.2. The van der Waals surface area contributed by atoms with Crippen molar-refractivity contribution in [1.29, 1.82) is 5.41 Å². The average Bonchev–Trinajstić information content (AvgIpc) is 2.37. The SMILES string of the molecule is COc1ccc(C(=N)P(=O)(OC)OC)cc1. The molecule has 0 spiro atoms. The third-order valence-electron chi connectivity index (χ3n) is 2.12. The molecule has 0 radical (unpaired) electrons. The molecule has 0 heterocycles. The first kappa shape index (κ1) is 12.9. The largest absolute Gasteiger partial charge is 0.497 e. The highest BCUT2D eigenvalue weighted by atomic mass is 31.2. The zero-order valence-electron chi connectivity index (χ0n) is 9.39. The molecule has 0 saturated carbocycles. The lowest BCUT2D eigenvalue weighted by Gasteiger charge is -2.14. The highest BCUT2D eigenvalue weighted by Gasteiger charge is 2.29. The summed E-state index contributed by atoms with van der Waals surface area (Å²) in [5.41, 5.74) is 0.313. The molecule has 0 atom stereocenters. The van der Waals surface area contributed by atoms with Crippen LogP contribution in [-0.2, 0) is 13.6 Å². The van der Waals surface area contributed by atoms with Gasteiger partial charge in [0.05, 0.1) is 7.11 Å². The van der Waals surface area contributed by atoms with Crippen LogP contribution in [0.25, 0.3) is 0 Å². The Hall–Kier alpha value is -1.16. The van der Waals surface area contributed by atoms with Crippen molar-refractivity contribution in [2.75, 3.05) is 21.3 Å². The lowest BCUT2D eigenvalue weighted by Crippen LogP contribution is -2.04. The van der Waals surface area contributed by atoms with Gasteiger partial charge >= 0.3 is 7.60 Å². The van der Waals surface area contributed by atoms with E-state index in [0.717, 1.165) is 0 Å². The fourth-order valence-corrected chi connectivity index (χ4v) is 2.14. The van der Waals surface area contributed by atoms with Gasteiger partial charge in [0, 0.05) is 19.8 Å². The van der Waals surface area contributed by atoms with E-state index in [0.29, 0.717) is 11.3 Å². The summed E-state index contributed by atoms with van der Waals surface area (Å²) in [6, 6.07) is 6.62. The Labute approximate surface area is 94.4 Å². The van der Waals surface area contributed by atoms with Gasteiger partial charge in [-0.05, 0) is 24.3 Å². The van der Waals surface area contributed by atoms with Crippen LogP contribution in [0.1, 0.15) is 5.56 Å². The molecule has 0 aliphatic carbocycles. The van der Waals surface area contributed by atoms with Crippen molar-refractivity contribution in [2.45, 2.75) is 0 Å². The Kier molecular flexibility index (Phi) is 4.24. The first-order chi connectivity index (χ1) is 7.57. The Morgan fingerprint density at radius 3 is 2.00 bits per heavy atom. The van der Waals surface area contributed by atoms with Gasteiger partial charge in [0.1, 0.15) is 5.75 Å². The number of hydrogen-bond acceptors (Lipinski definition) is 5. The van der Waals surface area contributed by atoms with Crippen molar-refractivity contribution in [2.24, 2.45) is 0 Å². The van der Waals surface area contributed by atoms with E-state index in [4.69, 9.17) is 19.2 Å². The van der Waals surface area contributed by atoms with Crippen molar-refractivity contribution in [3.05, 3.63) is 29.8 Å². The lowest BCUT2D eigenvalue weighted by atomic mass is 10.2. The molecule has 0 bridgehead atoms. The smallest absolute Gasteiger partial charge is 0.378 e. The van der Waals surface area contributed by atoms with Crippen LogP contribution in [-0.4, -0.2) is 26.8 Å². The van der Waals surface area contributed by atoms with Crippen molar-refractivity contribution in [1.82, 2.24) is 0 Å². The summed E-state index contributed by atoms with van der Waals surface area (Å²) >= 11 is 0. The molecule has 5 nitrogen and oxygen atoms in total. The minimum Gasteiger partial charge on any atom is -0.497 e. The van der Waals surface area contributed by atoms with Crippen molar-refractivity contribution in [3.8, 4) is 5.75 Å². The Balaban J connectivity index is 3.00. The zero-order valence-corrected chi connectivity index (χ0v) is 10.3. The quantitative estimate of drug-likeness (QED) is 0.637. The summed E-state index contributed by atoms with van der Waals surface area (Å²) in [7, 11) is 0.581. The molecule has 1 N–H and O–H groups in total. The average molecular weight is 243 g/mol. The van der Waals surface area contributed by atoms with Crippen LogP contribution < -0.4 is 4.74 Å². The fraction of sp³-hybridized carbons (Fsp3) is 0.300. The van der Waals surface area contributed by atoms with Crippen LogP contribution in [0.15, 0.2) is 24.3 Å². The number of benzene rings is 1. The second-order valence-corrected chi connectivity index (χ2v) is 5.11. The number of methoxy groups -OCH3 is 1. The minimum absolute atomic E-state index is 0.167. The van der Waals surface area contributed by atoms with Crippen LogP contribution in [0.5, 0.6) is 5.75 Å². The van der Waals surface area contributed by atoms with Gasteiger partial charge in [0.25, 0.3) is 0 Å². The van der Waals surface area contributed by atoms with Gasteiger partial charge in [-0.25, -0.2) is 0 Å². The molecule has 6 heteroatoms. The van der Waals surface area contributed by atoms with Crippen LogP contribution in [0.4, 0.5) is 0 Å². The van der Waals surface area contributed by atoms with E-state index in [1.54, 1.807) is 31.4 Å². The second kappa shape index (κ2) is 5.25. The molecule has 0 fully saturated rings. The summed E-state index contributed by atoms with van der Waals surface area (Å²) in [6.07, 6.45) is 0. The summed E-state index contributed by atoms with van der Waals surface area (Å²) in [5, 5.41) is 7.76. The third-order valence-corrected chi connectivity index (χ3v) is 3.89. The molecular formula is C10H14NO4P. The maximum atomic E-state index is 11.9. The molecule has 1 aromatic carbocycles. The molecule has 88 valence electrons. The first-order valence-electron chi connectivity index (χ1n) is 4.52. The van der Waals surface area contributed by atoms with E-state index in [-0.39, 0.29) is 5.45 Å². The molecule has 0 aliphatic heterocycles. The van der Waals surface area contributed by atoms with E-state index >= 15 is 0 Å². The lowest BCUT2D eigenvalue weighted by molar-refractivity contribution is 0.290. The maximum absolute atomic E-state index is 11.9.